The molecule has 1 aliphatic rings. The summed E-state index contributed by atoms with van der Waals surface area (Å²) >= 11 is 1.66. The second kappa shape index (κ2) is 9.81. The standard InChI is InChI=1S/C22H29N3OS/c1-18-5-3-4-6-20(18)16-27-17-22(26)23-15-19-7-9-21(10-8-19)25-13-11-24(2)12-14-25/h3-10H,11-17H2,1-2H3,(H,23,26). The molecule has 0 radical (unpaired) electrons. The van der Waals surface area contributed by atoms with Gasteiger partial charge in [-0.2, -0.15) is 0 Å². The fourth-order valence-electron chi connectivity index (χ4n) is 3.17. The van der Waals surface area contributed by atoms with E-state index in [2.05, 4.69) is 71.6 Å². The van der Waals surface area contributed by atoms with Crippen molar-refractivity contribution in [1.82, 2.24) is 10.2 Å². The fourth-order valence-corrected chi connectivity index (χ4v) is 4.10. The Morgan fingerprint density at radius 2 is 1.74 bits per heavy atom. The molecule has 1 fully saturated rings. The van der Waals surface area contributed by atoms with Crippen LogP contribution in [0, 0.1) is 6.92 Å². The summed E-state index contributed by atoms with van der Waals surface area (Å²) in [4.78, 5) is 16.9. The second-order valence-corrected chi connectivity index (χ2v) is 8.14. The number of piperazine rings is 1. The molecule has 1 saturated heterocycles. The third-order valence-electron chi connectivity index (χ3n) is 5.05. The number of aryl methyl sites for hydroxylation is 1. The van der Waals surface area contributed by atoms with E-state index in [1.165, 1.54) is 16.8 Å². The van der Waals surface area contributed by atoms with Gasteiger partial charge >= 0.3 is 0 Å². The zero-order chi connectivity index (χ0) is 19.1. The highest BCUT2D eigenvalue weighted by Gasteiger charge is 2.14. The van der Waals surface area contributed by atoms with Crippen LogP contribution >= 0.6 is 11.8 Å². The lowest BCUT2D eigenvalue weighted by Crippen LogP contribution is -2.44. The number of hydrogen-bond acceptors (Lipinski definition) is 4. The van der Waals surface area contributed by atoms with E-state index in [1.807, 2.05) is 6.07 Å². The number of anilines is 1. The number of benzene rings is 2. The molecular formula is C22H29N3OS. The Hall–Kier alpha value is -1.98. The van der Waals surface area contributed by atoms with Crippen LogP contribution in [0.2, 0.25) is 0 Å². The van der Waals surface area contributed by atoms with E-state index >= 15 is 0 Å². The Balaban J connectivity index is 1.39. The van der Waals surface area contributed by atoms with Gasteiger partial charge < -0.3 is 15.1 Å². The van der Waals surface area contributed by atoms with E-state index in [1.54, 1.807) is 11.8 Å². The monoisotopic (exact) mass is 383 g/mol. The van der Waals surface area contributed by atoms with Gasteiger partial charge in [-0.05, 0) is 42.8 Å². The van der Waals surface area contributed by atoms with Crippen LogP contribution in [0.1, 0.15) is 16.7 Å². The molecule has 0 aliphatic carbocycles. The van der Waals surface area contributed by atoms with Gasteiger partial charge in [0.1, 0.15) is 0 Å². The molecule has 5 heteroatoms. The Labute approximate surface area is 166 Å². The van der Waals surface area contributed by atoms with Crippen molar-refractivity contribution in [3.05, 3.63) is 65.2 Å². The van der Waals surface area contributed by atoms with E-state index in [4.69, 9.17) is 0 Å². The number of likely N-dealkylation sites (N-methyl/N-ethyl adjacent to an activating group) is 1. The lowest BCUT2D eigenvalue weighted by atomic mass is 10.1. The highest BCUT2D eigenvalue weighted by molar-refractivity contribution is 7.99. The SMILES string of the molecule is Cc1ccccc1CSCC(=O)NCc1ccc(N2CCN(C)CC2)cc1. The molecule has 4 nitrogen and oxygen atoms in total. The van der Waals surface area contributed by atoms with E-state index < -0.39 is 0 Å². The van der Waals surface area contributed by atoms with Crippen LogP contribution in [0.15, 0.2) is 48.5 Å². The van der Waals surface area contributed by atoms with Crippen LogP contribution in [0.4, 0.5) is 5.69 Å². The molecule has 27 heavy (non-hydrogen) atoms. The molecule has 3 rings (SSSR count). The van der Waals surface area contributed by atoms with Crippen LogP contribution in [0.25, 0.3) is 0 Å². The van der Waals surface area contributed by atoms with Crippen LogP contribution in [0.3, 0.4) is 0 Å². The predicted molar refractivity (Wildman–Crippen MR) is 115 cm³/mol. The average Bonchev–Trinajstić information content (AvgIpc) is 2.69. The number of rotatable bonds is 7. The quantitative estimate of drug-likeness (QED) is 0.796. The highest BCUT2D eigenvalue weighted by Crippen LogP contribution is 2.18. The number of nitrogens with zero attached hydrogens (tertiary/aromatic N) is 2. The number of hydrogen-bond donors (Lipinski definition) is 1. The van der Waals surface area contributed by atoms with Crippen LogP contribution in [-0.4, -0.2) is 49.8 Å². The number of amides is 1. The van der Waals surface area contributed by atoms with E-state index in [-0.39, 0.29) is 5.91 Å². The van der Waals surface area contributed by atoms with Gasteiger partial charge in [-0.15, -0.1) is 11.8 Å². The number of thioether (sulfide) groups is 1. The zero-order valence-electron chi connectivity index (χ0n) is 16.3. The van der Waals surface area contributed by atoms with Crippen molar-refractivity contribution >= 4 is 23.4 Å². The van der Waals surface area contributed by atoms with Gasteiger partial charge in [-0.1, -0.05) is 36.4 Å². The summed E-state index contributed by atoms with van der Waals surface area (Å²) in [7, 11) is 2.17. The molecular weight excluding hydrogens is 354 g/mol. The minimum absolute atomic E-state index is 0.0942. The van der Waals surface area contributed by atoms with Crippen molar-refractivity contribution in [1.29, 1.82) is 0 Å². The Morgan fingerprint density at radius 3 is 2.44 bits per heavy atom. The normalized spacial score (nSPS) is 15.0. The maximum absolute atomic E-state index is 12.1. The van der Waals surface area contributed by atoms with Crippen molar-refractivity contribution in [3.63, 3.8) is 0 Å². The van der Waals surface area contributed by atoms with Gasteiger partial charge in [0.15, 0.2) is 0 Å². The minimum Gasteiger partial charge on any atom is -0.369 e. The summed E-state index contributed by atoms with van der Waals surface area (Å²) < 4.78 is 0. The van der Waals surface area contributed by atoms with Gasteiger partial charge in [0, 0.05) is 44.2 Å². The third-order valence-corrected chi connectivity index (χ3v) is 6.03. The lowest BCUT2D eigenvalue weighted by Gasteiger charge is -2.34. The molecule has 0 aromatic heterocycles. The van der Waals surface area contributed by atoms with Gasteiger partial charge in [0.05, 0.1) is 5.75 Å². The topological polar surface area (TPSA) is 35.6 Å². The summed E-state index contributed by atoms with van der Waals surface area (Å²) in [5.74, 6) is 1.46. The summed E-state index contributed by atoms with van der Waals surface area (Å²) in [5, 5.41) is 3.02. The first-order valence-corrected chi connectivity index (χ1v) is 10.7. The van der Waals surface area contributed by atoms with Crippen LogP contribution in [-0.2, 0) is 17.1 Å². The molecule has 1 amide bonds. The van der Waals surface area contributed by atoms with E-state index in [9.17, 15) is 4.79 Å². The molecule has 1 N–H and O–H groups in total. The first kappa shape index (κ1) is 19.8. The smallest absolute Gasteiger partial charge is 0.230 e. The molecule has 0 atom stereocenters. The molecule has 2 aromatic carbocycles. The van der Waals surface area contributed by atoms with Crippen molar-refractivity contribution in [2.75, 3.05) is 43.9 Å². The maximum atomic E-state index is 12.1. The number of carbonyl (C=O) groups is 1. The van der Waals surface area contributed by atoms with Gasteiger partial charge in [-0.3, -0.25) is 4.79 Å². The molecule has 0 bridgehead atoms. The summed E-state index contributed by atoms with van der Waals surface area (Å²) in [6.45, 7) is 7.07. The van der Waals surface area contributed by atoms with Crippen molar-refractivity contribution in [2.24, 2.45) is 0 Å². The highest BCUT2D eigenvalue weighted by atomic mass is 32.2. The van der Waals surface area contributed by atoms with Gasteiger partial charge in [0.2, 0.25) is 5.91 Å². The molecule has 0 spiro atoms. The van der Waals surface area contributed by atoms with Crippen molar-refractivity contribution < 1.29 is 4.79 Å². The van der Waals surface area contributed by atoms with Gasteiger partial charge in [0.25, 0.3) is 0 Å². The first-order valence-electron chi connectivity index (χ1n) is 9.53. The first-order chi connectivity index (χ1) is 13.1. The fraction of sp³-hybridized carbons (Fsp3) is 0.409. The molecule has 0 saturated carbocycles. The average molecular weight is 384 g/mol. The number of nitrogens with one attached hydrogen (secondary N) is 1. The molecule has 144 valence electrons. The predicted octanol–water partition coefficient (Wildman–Crippen LogP) is 3.30. The molecule has 2 aromatic rings. The summed E-state index contributed by atoms with van der Waals surface area (Å²) in [6, 6.07) is 16.9. The Morgan fingerprint density at radius 1 is 1.04 bits per heavy atom. The minimum atomic E-state index is 0.0942. The van der Waals surface area contributed by atoms with Crippen molar-refractivity contribution in [3.8, 4) is 0 Å². The Kier molecular flexibility index (Phi) is 7.18. The van der Waals surface area contributed by atoms with Crippen LogP contribution in [0.5, 0.6) is 0 Å². The van der Waals surface area contributed by atoms with E-state index in [0.717, 1.165) is 37.5 Å². The maximum Gasteiger partial charge on any atom is 0.230 e. The zero-order valence-corrected chi connectivity index (χ0v) is 17.1. The summed E-state index contributed by atoms with van der Waals surface area (Å²) in [5.41, 5.74) is 5.00. The summed E-state index contributed by atoms with van der Waals surface area (Å²) in [6.07, 6.45) is 0. The largest absolute Gasteiger partial charge is 0.369 e. The third kappa shape index (κ3) is 6.01. The second-order valence-electron chi connectivity index (χ2n) is 7.15. The molecule has 0 unspecified atom stereocenters. The molecule has 1 aliphatic heterocycles. The van der Waals surface area contributed by atoms with Crippen molar-refractivity contribution in [2.45, 2.75) is 19.2 Å². The van der Waals surface area contributed by atoms with E-state index in [0.29, 0.717) is 12.3 Å². The Bertz CT molecular complexity index is 739. The lowest BCUT2D eigenvalue weighted by molar-refractivity contribution is -0.118. The molecule has 1 heterocycles. The number of carbonyl (C=O) groups excluding carboxylic acids is 1. The van der Waals surface area contributed by atoms with Crippen LogP contribution < -0.4 is 10.2 Å². The van der Waals surface area contributed by atoms with Gasteiger partial charge in [-0.25, -0.2) is 0 Å².